The summed E-state index contributed by atoms with van der Waals surface area (Å²) in [4.78, 5) is 2.18. The highest BCUT2D eigenvalue weighted by molar-refractivity contribution is 5.26. The van der Waals surface area contributed by atoms with Gasteiger partial charge in [-0.3, -0.25) is 0 Å². The molecule has 0 aromatic carbocycles. The van der Waals surface area contributed by atoms with Gasteiger partial charge in [0, 0.05) is 25.0 Å². The van der Waals surface area contributed by atoms with Crippen molar-refractivity contribution in [2.75, 3.05) is 13.6 Å². The van der Waals surface area contributed by atoms with E-state index in [-0.39, 0.29) is 0 Å². The first-order valence-corrected chi connectivity index (χ1v) is 4.50. The van der Waals surface area contributed by atoms with Crippen molar-refractivity contribution in [2.24, 2.45) is 5.73 Å². The minimum absolute atomic E-state index is 0.586. The molecule has 2 heteroatoms. The first kappa shape index (κ1) is 11.8. The lowest BCUT2D eigenvalue weighted by molar-refractivity contribution is 0.451. The second-order valence-corrected chi connectivity index (χ2v) is 3.31. The molecular formula is C11H20N2. The Hall–Kier alpha value is -1.18. The van der Waals surface area contributed by atoms with Crippen LogP contribution in [0.1, 0.15) is 20.8 Å². The molecule has 2 nitrogen and oxygen atoms in total. The summed E-state index contributed by atoms with van der Waals surface area (Å²) < 4.78 is 0. The number of hydrogen-bond acceptors (Lipinski definition) is 2. The van der Waals surface area contributed by atoms with Crippen LogP contribution in [0, 0.1) is 0 Å². The van der Waals surface area contributed by atoms with Gasteiger partial charge in [0.1, 0.15) is 0 Å². The molecule has 0 unspecified atom stereocenters. The van der Waals surface area contributed by atoms with Crippen LogP contribution in [0.25, 0.3) is 0 Å². The van der Waals surface area contributed by atoms with E-state index < -0.39 is 0 Å². The zero-order valence-corrected chi connectivity index (χ0v) is 9.09. The van der Waals surface area contributed by atoms with Crippen LogP contribution in [-0.4, -0.2) is 18.5 Å². The summed E-state index contributed by atoms with van der Waals surface area (Å²) in [6.45, 7) is 10.9. The largest absolute Gasteiger partial charge is 0.399 e. The van der Waals surface area contributed by atoms with E-state index in [0.29, 0.717) is 5.70 Å². The van der Waals surface area contributed by atoms with Gasteiger partial charge in [-0.15, -0.1) is 0 Å². The van der Waals surface area contributed by atoms with Gasteiger partial charge in [0.2, 0.25) is 0 Å². The predicted molar refractivity (Wildman–Crippen MR) is 59.1 cm³/mol. The molecule has 0 saturated carbocycles. The molecule has 0 bridgehead atoms. The maximum absolute atomic E-state index is 5.46. The second kappa shape index (κ2) is 5.46. The summed E-state index contributed by atoms with van der Waals surface area (Å²) in [5.74, 6) is 0. The van der Waals surface area contributed by atoms with E-state index >= 15 is 0 Å². The lowest BCUT2D eigenvalue weighted by Crippen LogP contribution is -2.16. The van der Waals surface area contributed by atoms with Gasteiger partial charge in [0.05, 0.1) is 0 Å². The van der Waals surface area contributed by atoms with Crippen LogP contribution in [-0.2, 0) is 0 Å². The van der Waals surface area contributed by atoms with Gasteiger partial charge in [-0.1, -0.05) is 12.2 Å². The molecule has 0 aliphatic rings. The van der Waals surface area contributed by atoms with E-state index in [1.54, 1.807) is 0 Å². The van der Waals surface area contributed by atoms with Crippen molar-refractivity contribution in [1.29, 1.82) is 0 Å². The fourth-order valence-corrected chi connectivity index (χ4v) is 1.03. The van der Waals surface area contributed by atoms with Gasteiger partial charge in [-0.25, -0.2) is 0 Å². The zero-order chi connectivity index (χ0) is 10.4. The van der Waals surface area contributed by atoms with Crippen molar-refractivity contribution < 1.29 is 0 Å². The van der Waals surface area contributed by atoms with E-state index in [2.05, 4.69) is 39.3 Å². The molecule has 0 saturated heterocycles. The van der Waals surface area contributed by atoms with Crippen molar-refractivity contribution in [3.63, 3.8) is 0 Å². The fourth-order valence-electron chi connectivity index (χ4n) is 1.03. The standard InChI is InChI=1S/C11H20N2/c1-6-13(5)11(9(2)3)8-7-10(4)12/h7-8H,4,6,12H2,1-3,5H3/b8-7-. The van der Waals surface area contributed by atoms with E-state index in [1.807, 2.05) is 12.2 Å². The Balaban J connectivity index is 4.66. The minimum atomic E-state index is 0.586. The highest BCUT2D eigenvalue weighted by Crippen LogP contribution is 2.09. The van der Waals surface area contributed by atoms with E-state index in [0.717, 1.165) is 6.54 Å². The minimum Gasteiger partial charge on any atom is -0.399 e. The van der Waals surface area contributed by atoms with E-state index in [4.69, 9.17) is 5.73 Å². The Morgan fingerprint density at radius 1 is 1.38 bits per heavy atom. The van der Waals surface area contributed by atoms with E-state index in [9.17, 15) is 0 Å². The van der Waals surface area contributed by atoms with Crippen molar-refractivity contribution in [2.45, 2.75) is 20.8 Å². The van der Waals surface area contributed by atoms with Crippen molar-refractivity contribution in [3.8, 4) is 0 Å². The smallest absolute Gasteiger partial charge is 0.0350 e. The lowest BCUT2D eigenvalue weighted by Gasteiger charge is -2.19. The fraction of sp³-hybridized carbons (Fsp3) is 0.455. The third-order valence-corrected chi connectivity index (χ3v) is 1.85. The number of rotatable bonds is 4. The monoisotopic (exact) mass is 180 g/mol. The van der Waals surface area contributed by atoms with Crippen LogP contribution in [0.2, 0.25) is 0 Å². The summed E-state index contributed by atoms with van der Waals surface area (Å²) in [7, 11) is 2.06. The van der Waals surface area contributed by atoms with Crippen molar-refractivity contribution >= 4 is 0 Å². The molecule has 74 valence electrons. The van der Waals surface area contributed by atoms with Gasteiger partial charge < -0.3 is 10.6 Å². The predicted octanol–water partition coefficient (Wildman–Crippen LogP) is 2.26. The number of nitrogens with zero attached hydrogens (tertiary/aromatic N) is 1. The van der Waals surface area contributed by atoms with Gasteiger partial charge in [-0.05, 0) is 32.9 Å². The van der Waals surface area contributed by atoms with E-state index in [1.165, 1.54) is 11.3 Å². The summed E-state index contributed by atoms with van der Waals surface area (Å²) in [5.41, 5.74) is 8.53. The molecule has 0 aromatic heterocycles. The average molecular weight is 180 g/mol. The Morgan fingerprint density at radius 3 is 2.23 bits per heavy atom. The zero-order valence-electron chi connectivity index (χ0n) is 9.09. The molecule has 0 aliphatic heterocycles. The molecule has 0 spiro atoms. The van der Waals surface area contributed by atoms with Crippen LogP contribution in [0.5, 0.6) is 0 Å². The normalized spacial score (nSPS) is 10.2. The van der Waals surface area contributed by atoms with Gasteiger partial charge in [-0.2, -0.15) is 0 Å². The van der Waals surface area contributed by atoms with Gasteiger partial charge in [0.15, 0.2) is 0 Å². The number of allylic oxidation sites excluding steroid dienone is 3. The van der Waals surface area contributed by atoms with Gasteiger partial charge >= 0.3 is 0 Å². The average Bonchev–Trinajstić information content (AvgIpc) is 2.03. The molecule has 13 heavy (non-hydrogen) atoms. The quantitative estimate of drug-likeness (QED) is 0.672. The maximum Gasteiger partial charge on any atom is 0.0350 e. The molecule has 0 aliphatic carbocycles. The van der Waals surface area contributed by atoms with Crippen LogP contribution in [0.15, 0.2) is 35.7 Å². The van der Waals surface area contributed by atoms with Gasteiger partial charge in [0.25, 0.3) is 0 Å². The first-order valence-electron chi connectivity index (χ1n) is 4.50. The summed E-state index contributed by atoms with van der Waals surface area (Å²) in [6.07, 6.45) is 3.83. The third kappa shape index (κ3) is 4.41. The molecule has 0 amide bonds. The van der Waals surface area contributed by atoms with Crippen LogP contribution < -0.4 is 5.73 Å². The summed E-state index contributed by atoms with van der Waals surface area (Å²) >= 11 is 0. The topological polar surface area (TPSA) is 29.3 Å². The second-order valence-electron chi connectivity index (χ2n) is 3.31. The van der Waals surface area contributed by atoms with Crippen LogP contribution in [0.4, 0.5) is 0 Å². The Morgan fingerprint density at radius 2 is 1.92 bits per heavy atom. The Kier molecular flexibility index (Phi) is 4.97. The van der Waals surface area contributed by atoms with Crippen LogP contribution in [0.3, 0.4) is 0 Å². The third-order valence-electron chi connectivity index (χ3n) is 1.85. The number of likely N-dealkylation sites (N-methyl/N-ethyl adjacent to an activating group) is 1. The maximum atomic E-state index is 5.46. The molecule has 0 radical (unpaired) electrons. The number of nitrogens with two attached hydrogens (primary N) is 1. The highest BCUT2D eigenvalue weighted by Gasteiger charge is 1.99. The SMILES string of the molecule is C=C(N)/C=C\C(=C(C)C)N(C)CC. The Bertz CT molecular complexity index is 232. The highest BCUT2D eigenvalue weighted by atomic mass is 15.1. The summed E-state index contributed by atoms with van der Waals surface area (Å²) in [6, 6.07) is 0. The molecule has 2 N–H and O–H groups in total. The Labute approximate surface area is 81.4 Å². The van der Waals surface area contributed by atoms with Crippen molar-refractivity contribution in [3.05, 3.63) is 35.7 Å². The molecule has 0 heterocycles. The van der Waals surface area contributed by atoms with Crippen molar-refractivity contribution in [1.82, 2.24) is 4.90 Å². The molecule has 0 fully saturated rings. The molecule has 0 atom stereocenters. The number of hydrogen-bond donors (Lipinski definition) is 1. The summed E-state index contributed by atoms with van der Waals surface area (Å²) in [5, 5.41) is 0. The van der Waals surface area contributed by atoms with Crippen LogP contribution >= 0.6 is 0 Å². The lowest BCUT2D eigenvalue weighted by atomic mass is 10.2. The molecular weight excluding hydrogens is 160 g/mol. The molecule has 0 rings (SSSR count). The first-order chi connectivity index (χ1) is 5.99. The molecule has 0 aromatic rings.